The Morgan fingerprint density at radius 2 is 1.85 bits per heavy atom. The van der Waals surface area contributed by atoms with E-state index >= 15 is 0 Å². The number of thioether (sulfide) groups is 1. The van der Waals surface area contributed by atoms with E-state index < -0.39 is 17.9 Å². The second kappa shape index (κ2) is 8.62. The summed E-state index contributed by atoms with van der Waals surface area (Å²) in [6.45, 7) is 3.77. The number of carbonyl (C=O) groups is 2. The van der Waals surface area contributed by atoms with E-state index in [1.165, 1.54) is 14.2 Å². The lowest BCUT2D eigenvalue weighted by Crippen LogP contribution is -2.44. The zero-order valence-electron chi connectivity index (χ0n) is 15.4. The monoisotopic (exact) mass is 411 g/mol. The number of carboxylic acids is 1. The maximum absolute atomic E-state index is 12.8. The maximum atomic E-state index is 12.8. The predicted molar refractivity (Wildman–Crippen MR) is 107 cm³/mol. The van der Waals surface area contributed by atoms with Crippen molar-refractivity contribution in [1.29, 1.82) is 0 Å². The number of thiocarbonyl (C=S) groups is 1. The summed E-state index contributed by atoms with van der Waals surface area (Å²) in [5.74, 6) is -1.21. The van der Waals surface area contributed by atoms with Crippen molar-refractivity contribution in [1.82, 2.24) is 4.90 Å². The molecule has 1 heterocycles. The van der Waals surface area contributed by atoms with Gasteiger partial charge in [-0.1, -0.05) is 37.8 Å². The number of aromatic hydroxyl groups is 1. The number of hydrogen-bond donors (Lipinski definition) is 2. The molecule has 1 unspecified atom stereocenters. The molecular weight excluding hydrogens is 390 g/mol. The molecule has 0 saturated carbocycles. The van der Waals surface area contributed by atoms with Gasteiger partial charge in [0.15, 0.2) is 11.5 Å². The second-order valence-corrected chi connectivity index (χ2v) is 7.99. The molecule has 0 radical (unpaired) electrons. The van der Waals surface area contributed by atoms with E-state index in [4.69, 9.17) is 21.7 Å². The minimum absolute atomic E-state index is 0.0883. The molecule has 1 amide bonds. The van der Waals surface area contributed by atoms with Crippen LogP contribution in [-0.2, 0) is 9.59 Å². The van der Waals surface area contributed by atoms with E-state index in [9.17, 15) is 19.8 Å². The molecule has 1 aromatic carbocycles. The summed E-state index contributed by atoms with van der Waals surface area (Å²) in [6.07, 6.45) is 1.87. The maximum Gasteiger partial charge on any atom is 0.326 e. The molecule has 2 N–H and O–H groups in total. The highest BCUT2D eigenvalue weighted by atomic mass is 32.2. The van der Waals surface area contributed by atoms with Crippen LogP contribution in [0.2, 0.25) is 0 Å². The van der Waals surface area contributed by atoms with Crippen molar-refractivity contribution in [3.05, 3.63) is 22.6 Å². The van der Waals surface area contributed by atoms with Crippen LogP contribution in [0.1, 0.15) is 25.8 Å². The van der Waals surface area contributed by atoms with E-state index in [0.29, 0.717) is 16.9 Å². The Hall–Kier alpha value is -2.26. The minimum atomic E-state index is -1.09. The third-order valence-electron chi connectivity index (χ3n) is 3.91. The quantitative estimate of drug-likeness (QED) is 0.522. The average molecular weight is 412 g/mol. The fourth-order valence-corrected chi connectivity index (χ4v) is 4.02. The largest absolute Gasteiger partial charge is 0.502 e. The normalized spacial score (nSPS) is 16.9. The first-order chi connectivity index (χ1) is 12.7. The van der Waals surface area contributed by atoms with E-state index in [0.717, 1.165) is 16.7 Å². The van der Waals surface area contributed by atoms with Crippen LogP contribution in [0.4, 0.5) is 0 Å². The number of phenolic OH excluding ortho intramolecular Hbond substituents is 1. The lowest BCUT2D eigenvalue weighted by atomic mass is 10.0. The van der Waals surface area contributed by atoms with Crippen LogP contribution >= 0.6 is 24.0 Å². The molecule has 0 aromatic heterocycles. The summed E-state index contributed by atoms with van der Waals surface area (Å²) in [4.78, 5) is 25.9. The smallest absolute Gasteiger partial charge is 0.326 e. The van der Waals surface area contributed by atoms with E-state index in [-0.39, 0.29) is 27.5 Å². The Morgan fingerprint density at radius 3 is 2.30 bits per heavy atom. The number of nitrogens with zero attached hydrogens (tertiary/aromatic N) is 1. The Bertz CT molecular complexity index is 780. The summed E-state index contributed by atoms with van der Waals surface area (Å²) in [6, 6.07) is 2.09. The van der Waals surface area contributed by atoms with Crippen LogP contribution in [0.25, 0.3) is 6.08 Å². The first-order valence-corrected chi connectivity index (χ1v) is 9.36. The van der Waals surface area contributed by atoms with Crippen molar-refractivity contribution in [3.63, 3.8) is 0 Å². The van der Waals surface area contributed by atoms with E-state index in [1.807, 2.05) is 13.8 Å². The zero-order valence-corrected chi connectivity index (χ0v) is 17.0. The fourth-order valence-electron chi connectivity index (χ4n) is 2.66. The van der Waals surface area contributed by atoms with Crippen molar-refractivity contribution < 1.29 is 29.3 Å². The number of amides is 1. The molecule has 27 heavy (non-hydrogen) atoms. The number of carboxylic acid groups (broad SMARTS) is 1. The Kier molecular flexibility index (Phi) is 6.72. The first kappa shape index (κ1) is 21.0. The molecule has 146 valence electrons. The number of rotatable bonds is 7. The third-order valence-corrected chi connectivity index (χ3v) is 5.25. The van der Waals surface area contributed by atoms with Gasteiger partial charge < -0.3 is 19.7 Å². The lowest BCUT2D eigenvalue weighted by Gasteiger charge is -2.24. The number of carbonyl (C=O) groups excluding carboxylic acids is 1. The summed E-state index contributed by atoms with van der Waals surface area (Å²) in [7, 11) is 2.81. The molecule has 1 saturated heterocycles. The number of ether oxygens (including phenoxy) is 2. The van der Waals surface area contributed by atoms with Gasteiger partial charge in [0.05, 0.1) is 19.1 Å². The van der Waals surface area contributed by atoms with E-state index in [1.54, 1.807) is 18.2 Å². The molecule has 1 aliphatic heterocycles. The zero-order chi connectivity index (χ0) is 20.3. The third kappa shape index (κ3) is 4.54. The second-order valence-electron chi connectivity index (χ2n) is 6.31. The molecule has 7 nitrogen and oxygen atoms in total. The average Bonchev–Trinajstić information content (AvgIpc) is 2.87. The van der Waals surface area contributed by atoms with Gasteiger partial charge in [-0.3, -0.25) is 9.69 Å². The minimum Gasteiger partial charge on any atom is -0.502 e. The first-order valence-electron chi connectivity index (χ1n) is 8.14. The van der Waals surface area contributed by atoms with Crippen molar-refractivity contribution >= 4 is 46.3 Å². The number of phenols is 1. The van der Waals surface area contributed by atoms with Gasteiger partial charge in [0, 0.05) is 0 Å². The fraction of sp³-hybridized carbons (Fsp3) is 0.389. The molecule has 1 fully saturated rings. The number of benzene rings is 1. The Balaban J connectivity index is 2.40. The molecular formula is C18H21NO6S2. The summed E-state index contributed by atoms with van der Waals surface area (Å²) in [5, 5.41) is 19.5. The molecule has 0 bridgehead atoms. The van der Waals surface area contributed by atoms with Gasteiger partial charge >= 0.3 is 5.97 Å². The number of aliphatic carboxylic acids is 1. The molecule has 9 heteroatoms. The highest BCUT2D eigenvalue weighted by Crippen LogP contribution is 2.40. The van der Waals surface area contributed by atoms with Crippen molar-refractivity contribution in [2.75, 3.05) is 14.2 Å². The molecule has 1 aliphatic rings. The van der Waals surface area contributed by atoms with Crippen molar-refractivity contribution in [2.45, 2.75) is 26.3 Å². The predicted octanol–water partition coefficient (Wildman–Crippen LogP) is 3.11. The van der Waals surface area contributed by atoms with Gasteiger partial charge in [0.25, 0.3) is 5.91 Å². The molecule has 1 aromatic rings. The molecule has 0 aliphatic carbocycles. The highest BCUT2D eigenvalue weighted by Gasteiger charge is 2.40. The van der Waals surface area contributed by atoms with Crippen LogP contribution in [-0.4, -0.2) is 51.6 Å². The van der Waals surface area contributed by atoms with Crippen LogP contribution in [0.15, 0.2) is 17.0 Å². The standard InChI is InChI=1S/C18H21NO6S2/c1-9(2)5-11(17(22)23)19-16(21)14(27-18(19)26)8-10-6-12(24-3)15(20)13(7-10)25-4/h6-9,11,20H,5H2,1-4H3,(H,22,23)/b14-8-. The van der Waals surface area contributed by atoms with Gasteiger partial charge in [0.1, 0.15) is 10.4 Å². The van der Waals surface area contributed by atoms with E-state index in [2.05, 4.69) is 0 Å². The van der Waals surface area contributed by atoms with Gasteiger partial charge in [-0.2, -0.15) is 0 Å². The topological polar surface area (TPSA) is 96.3 Å². The van der Waals surface area contributed by atoms with Gasteiger partial charge in [-0.05, 0) is 36.1 Å². The van der Waals surface area contributed by atoms with Crippen LogP contribution in [0, 0.1) is 5.92 Å². The van der Waals surface area contributed by atoms with Gasteiger partial charge in [0.2, 0.25) is 5.75 Å². The molecule has 0 spiro atoms. The molecule has 2 rings (SSSR count). The summed E-state index contributed by atoms with van der Waals surface area (Å²) in [5.41, 5.74) is 0.553. The highest BCUT2D eigenvalue weighted by molar-refractivity contribution is 8.26. The number of methoxy groups -OCH3 is 2. The van der Waals surface area contributed by atoms with Gasteiger partial charge in [-0.25, -0.2) is 4.79 Å². The Labute approximate surface area is 166 Å². The van der Waals surface area contributed by atoms with Crippen molar-refractivity contribution in [3.8, 4) is 17.2 Å². The van der Waals surface area contributed by atoms with Crippen LogP contribution < -0.4 is 9.47 Å². The summed E-state index contributed by atoms with van der Waals surface area (Å²) >= 11 is 6.29. The van der Waals surface area contributed by atoms with Crippen LogP contribution in [0.3, 0.4) is 0 Å². The summed E-state index contributed by atoms with van der Waals surface area (Å²) < 4.78 is 10.4. The lowest BCUT2D eigenvalue weighted by molar-refractivity contribution is -0.145. The number of hydrogen-bond acceptors (Lipinski definition) is 7. The SMILES string of the molecule is COc1cc(/C=C2\SC(=S)N(C(CC(C)C)C(=O)O)C2=O)cc(OC)c1O. The van der Waals surface area contributed by atoms with Crippen LogP contribution in [0.5, 0.6) is 17.2 Å². The van der Waals surface area contributed by atoms with Crippen molar-refractivity contribution in [2.24, 2.45) is 5.92 Å². The van der Waals surface area contributed by atoms with Gasteiger partial charge in [-0.15, -0.1) is 0 Å². The molecule has 1 atom stereocenters. The Morgan fingerprint density at radius 1 is 1.30 bits per heavy atom.